The van der Waals surface area contributed by atoms with Gasteiger partial charge in [-0.2, -0.15) is 0 Å². The lowest BCUT2D eigenvalue weighted by Gasteiger charge is -2.31. The molecule has 0 saturated heterocycles. The molecule has 0 unspecified atom stereocenters. The molecule has 4 nitrogen and oxygen atoms in total. The van der Waals surface area contributed by atoms with Crippen molar-refractivity contribution in [3.63, 3.8) is 0 Å². The van der Waals surface area contributed by atoms with Crippen LogP contribution in [0.1, 0.15) is 25.7 Å². The number of aliphatic hydroxyl groups excluding tert-OH is 1. The van der Waals surface area contributed by atoms with Crippen LogP contribution in [-0.2, 0) is 9.59 Å². The number of carbonyl (C=O) groups excluding carboxylic acids is 2. The number of rotatable bonds is 4. The van der Waals surface area contributed by atoms with E-state index in [4.69, 9.17) is 5.11 Å². The van der Waals surface area contributed by atoms with Gasteiger partial charge in [0.1, 0.15) is 6.29 Å². The van der Waals surface area contributed by atoms with Gasteiger partial charge in [0.05, 0.1) is 6.10 Å². The van der Waals surface area contributed by atoms with Crippen LogP contribution in [0.15, 0.2) is 0 Å². The van der Waals surface area contributed by atoms with Crippen LogP contribution in [0.3, 0.4) is 0 Å². The van der Waals surface area contributed by atoms with Crippen molar-refractivity contribution in [1.29, 1.82) is 0 Å². The first-order valence-electron chi connectivity index (χ1n) is 4.13. The van der Waals surface area contributed by atoms with E-state index < -0.39 is 0 Å². The Morgan fingerprint density at radius 1 is 1.58 bits per heavy atom. The number of aliphatic hydroxyl groups is 1. The van der Waals surface area contributed by atoms with E-state index in [-0.39, 0.29) is 30.9 Å². The van der Waals surface area contributed by atoms with Crippen molar-refractivity contribution in [2.24, 2.45) is 0 Å². The van der Waals surface area contributed by atoms with E-state index in [2.05, 4.69) is 5.32 Å². The highest BCUT2D eigenvalue weighted by Gasteiger charge is 2.27. The molecule has 1 fully saturated rings. The molecule has 1 amide bonds. The molecule has 2 N–H and O–H groups in total. The number of aldehydes is 1. The first kappa shape index (κ1) is 9.19. The molecule has 12 heavy (non-hydrogen) atoms. The van der Waals surface area contributed by atoms with Gasteiger partial charge in [0.2, 0.25) is 5.91 Å². The lowest BCUT2D eigenvalue weighted by Crippen LogP contribution is -2.46. The average Bonchev–Trinajstić information content (AvgIpc) is 1.98. The molecule has 0 aromatic heterocycles. The van der Waals surface area contributed by atoms with Gasteiger partial charge < -0.3 is 15.2 Å². The number of amides is 1. The number of nitrogens with one attached hydrogen (secondary N) is 1. The lowest BCUT2D eigenvalue weighted by atomic mass is 9.89. The fraction of sp³-hybridized carbons (Fsp3) is 0.750. The van der Waals surface area contributed by atoms with Crippen LogP contribution < -0.4 is 5.32 Å². The van der Waals surface area contributed by atoms with Gasteiger partial charge in [-0.3, -0.25) is 4.79 Å². The summed E-state index contributed by atoms with van der Waals surface area (Å²) in [5.74, 6) is -0.0981. The monoisotopic (exact) mass is 171 g/mol. The van der Waals surface area contributed by atoms with Gasteiger partial charge in [0, 0.05) is 18.9 Å². The minimum Gasteiger partial charge on any atom is -0.393 e. The topological polar surface area (TPSA) is 66.4 Å². The Hall–Kier alpha value is -0.900. The number of hydrogen-bond acceptors (Lipinski definition) is 3. The van der Waals surface area contributed by atoms with Crippen molar-refractivity contribution < 1.29 is 14.7 Å². The number of hydrogen-bond donors (Lipinski definition) is 2. The van der Waals surface area contributed by atoms with Crippen LogP contribution in [0.25, 0.3) is 0 Å². The molecule has 1 aliphatic carbocycles. The lowest BCUT2D eigenvalue weighted by molar-refractivity contribution is -0.124. The Morgan fingerprint density at radius 2 is 2.25 bits per heavy atom. The molecule has 0 radical (unpaired) electrons. The van der Waals surface area contributed by atoms with E-state index >= 15 is 0 Å². The predicted octanol–water partition coefficient (Wildman–Crippen LogP) is -0.395. The smallest absolute Gasteiger partial charge is 0.220 e. The highest BCUT2D eigenvalue weighted by atomic mass is 16.3. The molecule has 0 aliphatic heterocycles. The van der Waals surface area contributed by atoms with Crippen molar-refractivity contribution in [3.8, 4) is 0 Å². The van der Waals surface area contributed by atoms with E-state index in [1.807, 2.05) is 0 Å². The highest BCUT2D eigenvalue weighted by Crippen LogP contribution is 2.19. The van der Waals surface area contributed by atoms with E-state index in [1.54, 1.807) is 0 Å². The summed E-state index contributed by atoms with van der Waals surface area (Å²) < 4.78 is 0. The maximum atomic E-state index is 11.0. The van der Waals surface area contributed by atoms with Crippen LogP contribution >= 0.6 is 0 Å². The zero-order valence-corrected chi connectivity index (χ0v) is 6.82. The van der Waals surface area contributed by atoms with Crippen LogP contribution in [0.4, 0.5) is 0 Å². The van der Waals surface area contributed by atoms with Crippen molar-refractivity contribution in [3.05, 3.63) is 0 Å². The van der Waals surface area contributed by atoms with Gasteiger partial charge in [-0.05, 0) is 12.8 Å². The Labute approximate surface area is 71.0 Å². The van der Waals surface area contributed by atoms with Crippen molar-refractivity contribution >= 4 is 12.2 Å². The normalized spacial score (nSPS) is 27.4. The minimum atomic E-state index is -0.249. The second kappa shape index (κ2) is 4.21. The summed E-state index contributed by atoms with van der Waals surface area (Å²) >= 11 is 0. The molecule has 0 bridgehead atoms. The zero-order valence-electron chi connectivity index (χ0n) is 6.82. The van der Waals surface area contributed by atoms with E-state index in [1.165, 1.54) is 0 Å². The molecular formula is C8H13NO3. The van der Waals surface area contributed by atoms with Crippen molar-refractivity contribution in [2.75, 3.05) is 0 Å². The van der Waals surface area contributed by atoms with Crippen molar-refractivity contribution in [2.45, 2.75) is 37.8 Å². The minimum absolute atomic E-state index is 0.0981. The molecule has 1 saturated carbocycles. The maximum Gasteiger partial charge on any atom is 0.220 e. The third kappa shape index (κ3) is 2.62. The third-order valence-corrected chi connectivity index (χ3v) is 1.97. The summed E-state index contributed by atoms with van der Waals surface area (Å²) in [6.45, 7) is 0. The van der Waals surface area contributed by atoms with Gasteiger partial charge in [-0.15, -0.1) is 0 Å². The molecule has 0 heterocycles. The summed E-state index contributed by atoms with van der Waals surface area (Å²) in [7, 11) is 0. The van der Waals surface area contributed by atoms with Gasteiger partial charge in [-0.1, -0.05) is 0 Å². The summed E-state index contributed by atoms with van der Waals surface area (Å²) in [6, 6.07) is 0.124. The zero-order chi connectivity index (χ0) is 8.97. The quantitative estimate of drug-likeness (QED) is 0.566. The van der Waals surface area contributed by atoms with Crippen LogP contribution in [-0.4, -0.2) is 29.4 Å². The Balaban J connectivity index is 2.06. The van der Waals surface area contributed by atoms with Gasteiger partial charge in [0.15, 0.2) is 0 Å². The first-order valence-corrected chi connectivity index (χ1v) is 4.13. The molecule has 68 valence electrons. The van der Waals surface area contributed by atoms with Crippen LogP contribution in [0, 0.1) is 0 Å². The van der Waals surface area contributed by atoms with E-state index in [9.17, 15) is 9.59 Å². The van der Waals surface area contributed by atoms with E-state index in [0.717, 1.165) is 6.29 Å². The SMILES string of the molecule is O=CCCC(=O)NC1CC(O)C1. The molecular weight excluding hydrogens is 158 g/mol. The van der Waals surface area contributed by atoms with Gasteiger partial charge in [-0.25, -0.2) is 0 Å². The Morgan fingerprint density at radius 3 is 2.75 bits per heavy atom. The second-order valence-corrected chi connectivity index (χ2v) is 3.10. The van der Waals surface area contributed by atoms with Crippen LogP contribution in [0.5, 0.6) is 0 Å². The fourth-order valence-corrected chi connectivity index (χ4v) is 1.20. The molecule has 0 atom stereocenters. The summed E-state index contributed by atoms with van der Waals surface area (Å²) in [5.41, 5.74) is 0. The summed E-state index contributed by atoms with van der Waals surface area (Å²) in [4.78, 5) is 20.9. The third-order valence-electron chi connectivity index (χ3n) is 1.97. The first-order chi connectivity index (χ1) is 5.72. The van der Waals surface area contributed by atoms with Crippen molar-refractivity contribution in [1.82, 2.24) is 5.32 Å². The van der Waals surface area contributed by atoms with E-state index in [0.29, 0.717) is 12.8 Å². The molecule has 1 aliphatic rings. The highest BCUT2D eigenvalue weighted by molar-refractivity contribution is 5.78. The molecule has 4 heteroatoms. The predicted molar refractivity (Wildman–Crippen MR) is 42.5 cm³/mol. The molecule has 1 rings (SSSR count). The average molecular weight is 171 g/mol. The maximum absolute atomic E-state index is 11.0. The molecule has 0 aromatic rings. The molecule has 0 aromatic carbocycles. The summed E-state index contributed by atoms with van der Waals surface area (Å²) in [5, 5.41) is 11.6. The Kier molecular flexibility index (Phi) is 3.22. The largest absolute Gasteiger partial charge is 0.393 e. The second-order valence-electron chi connectivity index (χ2n) is 3.10. The van der Waals surface area contributed by atoms with Gasteiger partial charge in [0.25, 0.3) is 0 Å². The fourth-order valence-electron chi connectivity index (χ4n) is 1.20. The number of carbonyl (C=O) groups is 2. The standard InChI is InChI=1S/C8H13NO3/c10-3-1-2-8(12)9-6-4-7(11)5-6/h3,6-7,11H,1-2,4-5H2,(H,9,12). The Bertz CT molecular complexity index is 175. The van der Waals surface area contributed by atoms with Gasteiger partial charge >= 0.3 is 0 Å². The van der Waals surface area contributed by atoms with Crippen LogP contribution in [0.2, 0.25) is 0 Å². The summed E-state index contributed by atoms with van der Waals surface area (Å²) in [6.07, 6.45) is 2.31. The molecule has 0 spiro atoms.